The summed E-state index contributed by atoms with van der Waals surface area (Å²) in [6.07, 6.45) is 2.84. The predicted octanol–water partition coefficient (Wildman–Crippen LogP) is 6.77. The Morgan fingerprint density at radius 1 is 1.00 bits per heavy atom. The molecule has 1 N–H and O–H groups in total. The number of hydrogen-bond donors (Lipinski definition) is 1. The Morgan fingerprint density at radius 2 is 1.74 bits per heavy atom. The normalized spacial score (nSPS) is 14.8. The van der Waals surface area contributed by atoms with Gasteiger partial charge >= 0.3 is 0 Å². The molecule has 4 rings (SSSR count). The minimum absolute atomic E-state index is 0.0544. The van der Waals surface area contributed by atoms with Gasteiger partial charge in [-0.2, -0.15) is 0 Å². The fourth-order valence-electron chi connectivity index (χ4n) is 4.25. The number of thioether (sulfide) groups is 1. The molecule has 0 radical (unpaired) electrons. The second-order valence-corrected chi connectivity index (χ2v) is 10.6. The quantitative estimate of drug-likeness (QED) is 0.220. The van der Waals surface area contributed by atoms with Gasteiger partial charge < -0.3 is 15.0 Å². The Morgan fingerprint density at radius 3 is 2.46 bits per heavy atom. The van der Waals surface area contributed by atoms with E-state index in [-0.39, 0.29) is 23.6 Å². The number of nitrogens with one attached hydrogen (secondary N) is 1. The molecule has 0 bridgehead atoms. The summed E-state index contributed by atoms with van der Waals surface area (Å²) in [5.74, 6) is -4.17. The van der Waals surface area contributed by atoms with E-state index in [1.165, 1.54) is 28.8 Å². The molecule has 206 valence electrons. The molecule has 0 aliphatic carbocycles. The van der Waals surface area contributed by atoms with Gasteiger partial charge in [0.2, 0.25) is 5.91 Å². The van der Waals surface area contributed by atoms with Crippen molar-refractivity contribution in [3.05, 3.63) is 88.5 Å². The van der Waals surface area contributed by atoms with Crippen LogP contribution in [0.4, 0.5) is 23.2 Å². The largest absolute Gasteiger partial charge is 0.493 e. The van der Waals surface area contributed by atoms with Crippen molar-refractivity contribution in [1.29, 1.82) is 0 Å². The van der Waals surface area contributed by atoms with Crippen molar-refractivity contribution < 1.29 is 31.9 Å². The van der Waals surface area contributed by atoms with Crippen molar-refractivity contribution in [3.63, 3.8) is 0 Å². The van der Waals surface area contributed by atoms with E-state index in [0.717, 1.165) is 19.3 Å². The van der Waals surface area contributed by atoms with Gasteiger partial charge in [-0.05, 0) is 43.7 Å². The van der Waals surface area contributed by atoms with E-state index < -0.39 is 46.5 Å². The molecule has 3 aromatic rings. The second-order valence-electron chi connectivity index (χ2n) is 9.17. The Kier molecular flexibility index (Phi) is 9.16. The van der Waals surface area contributed by atoms with Crippen molar-refractivity contribution in [1.82, 2.24) is 5.32 Å². The molecule has 0 saturated heterocycles. The molecular formula is C29H28F4N2O3S. The number of ether oxygens (including phenoxy) is 1. The number of anilines is 1. The van der Waals surface area contributed by atoms with Gasteiger partial charge in [-0.15, -0.1) is 11.8 Å². The average molecular weight is 561 g/mol. The van der Waals surface area contributed by atoms with Crippen LogP contribution >= 0.6 is 11.8 Å². The van der Waals surface area contributed by atoms with E-state index in [1.807, 2.05) is 0 Å². The monoisotopic (exact) mass is 560 g/mol. The van der Waals surface area contributed by atoms with Crippen molar-refractivity contribution in [2.24, 2.45) is 0 Å². The third-order valence-electron chi connectivity index (χ3n) is 6.36. The van der Waals surface area contributed by atoms with Crippen molar-refractivity contribution >= 4 is 29.3 Å². The molecule has 0 spiro atoms. The number of rotatable bonds is 10. The number of nitrogens with zero attached hydrogens (tertiary/aromatic N) is 1. The maximum atomic E-state index is 14.9. The predicted molar refractivity (Wildman–Crippen MR) is 142 cm³/mol. The Labute approximate surface area is 228 Å². The molecule has 0 fully saturated rings. The first kappa shape index (κ1) is 28.5. The number of carbonyl (C=O) groups excluding carboxylic acids is 2. The zero-order chi connectivity index (χ0) is 28.1. The molecule has 1 aliphatic heterocycles. The van der Waals surface area contributed by atoms with Gasteiger partial charge in [0.05, 0.1) is 24.1 Å². The molecule has 1 heterocycles. The molecule has 5 nitrogen and oxygen atoms in total. The van der Waals surface area contributed by atoms with Crippen LogP contribution in [-0.4, -0.2) is 23.7 Å². The van der Waals surface area contributed by atoms with Gasteiger partial charge in [0.1, 0.15) is 29.0 Å². The van der Waals surface area contributed by atoms with E-state index in [1.54, 1.807) is 31.2 Å². The Balaban J connectivity index is 1.55. The van der Waals surface area contributed by atoms with Crippen molar-refractivity contribution in [3.8, 4) is 5.75 Å². The number of carbonyl (C=O) groups is 2. The van der Waals surface area contributed by atoms with Crippen LogP contribution in [0.2, 0.25) is 0 Å². The highest BCUT2D eigenvalue weighted by molar-refractivity contribution is 8.01. The molecule has 3 aromatic carbocycles. The summed E-state index contributed by atoms with van der Waals surface area (Å²) in [6, 6.07) is 10.3. The lowest BCUT2D eigenvalue weighted by atomic mass is 10.1. The first-order valence-corrected chi connectivity index (χ1v) is 13.5. The van der Waals surface area contributed by atoms with Crippen LogP contribution in [0, 0.1) is 23.3 Å². The number of fused-ring (bicyclic) bond motifs is 1. The molecule has 1 atom stereocenters. The van der Waals surface area contributed by atoms with E-state index in [9.17, 15) is 27.2 Å². The standard InChI is InChI=1S/C29H28F4N2O3S/c1-3-4-5-11-38-26-8-6-7-22(31)21(26)16-35-25-10-9-18(12-27(25)39-17(2)29(35)37)28(36)34-15-20-23(32)13-19(30)14-24(20)33/h6-10,12-14,17H,3-5,11,15-16H2,1-2H3,(H,34,36). The summed E-state index contributed by atoms with van der Waals surface area (Å²) in [6.45, 7) is 3.70. The molecular weight excluding hydrogens is 532 g/mol. The van der Waals surface area contributed by atoms with E-state index in [0.29, 0.717) is 35.1 Å². The van der Waals surface area contributed by atoms with Crippen LogP contribution in [0.3, 0.4) is 0 Å². The van der Waals surface area contributed by atoms with E-state index in [2.05, 4.69) is 12.2 Å². The summed E-state index contributed by atoms with van der Waals surface area (Å²) < 4.78 is 61.8. The molecule has 1 aliphatic rings. The number of hydrogen-bond acceptors (Lipinski definition) is 4. The third kappa shape index (κ3) is 6.55. The van der Waals surface area contributed by atoms with Crippen molar-refractivity contribution in [2.45, 2.75) is 56.3 Å². The minimum Gasteiger partial charge on any atom is -0.493 e. The number of halogens is 4. The average Bonchev–Trinajstić information content (AvgIpc) is 2.89. The van der Waals surface area contributed by atoms with Crippen LogP contribution < -0.4 is 15.0 Å². The highest BCUT2D eigenvalue weighted by Gasteiger charge is 2.32. The molecule has 0 aromatic heterocycles. The fraction of sp³-hybridized carbons (Fsp3) is 0.310. The smallest absolute Gasteiger partial charge is 0.251 e. The Hall–Kier alpha value is -3.53. The van der Waals surface area contributed by atoms with Crippen LogP contribution in [-0.2, 0) is 17.9 Å². The molecule has 10 heteroatoms. The summed E-state index contributed by atoms with van der Waals surface area (Å²) in [7, 11) is 0. The topological polar surface area (TPSA) is 58.6 Å². The fourth-order valence-corrected chi connectivity index (χ4v) is 5.35. The zero-order valence-corrected chi connectivity index (χ0v) is 22.3. The van der Waals surface area contributed by atoms with Crippen molar-refractivity contribution in [2.75, 3.05) is 11.5 Å². The molecule has 0 saturated carbocycles. The highest BCUT2D eigenvalue weighted by atomic mass is 32.2. The lowest BCUT2D eigenvalue weighted by Crippen LogP contribution is -2.39. The lowest BCUT2D eigenvalue weighted by molar-refractivity contribution is -0.118. The second kappa shape index (κ2) is 12.5. The maximum absolute atomic E-state index is 14.9. The van der Waals surface area contributed by atoms with Gasteiger partial charge in [-0.3, -0.25) is 9.59 Å². The van der Waals surface area contributed by atoms with Crippen LogP contribution in [0.1, 0.15) is 54.6 Å². The summed E-state index contributed by atoms with van der Waals surface area (Å²) >= 11 is 1.26. The highest BCUT2D eigenvalue weighted by Crippen LogP contribution is 2.41. The van der Waals surface area contributed by atoms with E-state index >= 15 is 0 Å². The first-order valence-electron chi connectivity index (χ1n) is 12.6. The van der Waals surface area contributed by atoms with E-state index in [4.69, 9.17) is 4.74 Å². The van der Waals surface area contributed by atoms with Crippen LogP contribution in [0.5, 0.6) is 5.75 Å². The first-order chi connectivity index (χ1) is 18.7. The van der Waals surface area contributed by atoms with Gasteiger partial charge in [0.25, 0.3) is 5.91 Å². The van der Waals surface area contributed by atoms with Gasteiger partial charge in [-0.1, -0.05) is 25.8 Å². The summed E-state index contributed by atoms with van der Waals surface area (Å²) in [5.41, 5.74) is 0.518. The lowest BCUT2D eigenvalue weighted by Gasteiger charge is -2.33. The van der Waals surface area contributed by atoms with Gasteiger partial charge in [0.15, 0.2) is 0 Å². The van der Waals surface area contributed by atoms with Crippen LogP contribution in [0.25, 0.3) is 0 Å². The number of amides is 2. The summed E-state index contributed by atoms with van der Waals surface area (Å²) in [5, 5.41) is 1.94. The summed E-state index contributed by atoms with van der Waals surface area (Å²) in [4.78, 5) is 28.0. The zero-order valence-electron chi connectivity index (χ0n) is 21.5. The maximum Gasteiger partial charge on any atom is 0.251 e. The molecule has 39 heavy (non-hydrogen) atoms. The third-order valence-corrected chi connectivity index (χ3v) is 7.50. The molecule has 1 unspecified atom stereocenters. The number of benzene rings is 3. The van der Waals surface area contributed by atoms with Crippen LogP contribution in [0.15, 0.2) is 53.4 Å². The minimum atomic E-state index is -1.10. The molecule has 2 amide bonds. The van der Waals surface area contributed by atoms with Gasteiger partial charge in [-0.25, -0.2) is 17.6 Å². The van der Waals surface area contributed by atoms with Gasteiger partial charge in [0, 0.05) is 40.3 Å². The SMILES string of the molecule is CCCCCOc1cccc(F)c1CN1C(=O)C(C)Sc2cc(C(=O)NCc3c(F)cc(F)cc3F)ccc21. The number of unbranched alkanes of at least 4 members (excludes halogenated alkanes) is 2. The Bertz CT molecular complexity index is 1360.